The second-order valence-electron chi connectivity index (χ2n) is 5.22. The van der Waals surface area contributed by atoms with Crippen LogP contribution in [0.3, 0.4) is 0 Å². The van der Waals surface area contributed by atoms with Crippen molar-refractivity contribution in [3.63, 3.8) is 0 Å². The van der Waals surface area contributed by atoms with Gasteiger partial charge in [0.2, 0.25) is 0 Å². The van der Waals surface area contributed by atoms with Crippen LogP contribution in [0.15, 0.2) is 24.3 Å². The van der Waals surface area contributed by atoms with E-state index in [2.05, 4.69) is 4.90 Å². The van der Waals surface area contributed by atoms with E-state index in [1.54, 1.807) is 18.2 Å². The molecule has 1 aromatic rings. The van der Waals surface area contributed by atoms with E-state index in [1.165, 1.54) is 29.8 Å². The summed E-state index contributed by atoms with van der Waals surface area (Å²) in [5.41, 5.74) is 1.38. The number of rotatable bonds is 4. The number of nitrogens with zero attached hydrogens (tertiary/aromatic N) is 3. The van der Waals surface area contributed by atoms with Gasteiger partial charge in [-0.25, -0.2) is 4.79 Å². The van der Waals surface area contributed by atoms with Crippen LogP contribution in [-0.2, 0) is 14.9 Å². The lowest BCUT2D eigenvalue weighted by atomic mass is 10.2. The van der Waals surface area contributed by atoms with E-state index in [1.807, 2.05) is 6.07 Å². The summed E-state index contributed by atoms with van der Waals surface area (Å²) in [6.45, 7) is 2.00. The Morgan fingerprint density at radius 2 is 1.82 bits per heavy atom. The second-order valence-corrected chi connectivity index (χ2v) is 7.36. The van der Waals surface area contributed by atoms with Crippen molar-refractivity contribution in [3.8, 4) is 0 Å². The van der Waals surface area contributed by atoms with Crippen LogP contribution in [0.1, 0.15) is 10.4 Å². The van der Waals surface area contributed by atoms with Gasteiger partial charge >= 0.3 is 5.97 Å². The molecule has 7 nitrogen and oxygen atoms in total. The number of benzene rings is 1. The summed E-state index contributed by atoms with van der Waals surface area (Å²) in [5.74, 6) is -0.379. The zero-order chi connectivity index (χ0) is 16.3. The summed E-state index contributed by atoms with van der Waals surface area (Å²) in [5, 5.41) is 0. The van der Waals surface area contributed by atoms with Crippen LogP contribution >= 0.6 is 0 Å². The number of carbonyl (C=O) groups excluding carboxylic acids is 1. The summed E-state index contributed by atoms with van der Waals surface area (Å²) >= 11 is 0. The molecule has 22 heavy (non-hydrogen) atoms. The fourth-order valence-corrected chi connectivity index (χ4v) is 3.44. The van der Waals surface area contributed by atoms with Gasteiger partial charge in [-0.15, -0.1) is 0 Å². The normalized spacial score (nSPS) is 16.8. The fourth-order valence-electron chi connectivity index (χ4n) is 2.36. The van der Waals surface area contributed by atoms with Crippen molar-refractivity contribution in [1.29, 1.82) is 0 Å². The number of piperazine rings is 1. The summed E-state index contributed by atoms with van der Waals surface area (Å²) in [4.78, 5) is 13.6. The van der Waals surface area contributed by atoms with Crippen LogP contribution in [0.25, 0.3) is 0 Å². The van der Waals surface area contributed by atoms with Gasteiger partial charge in [-0.05, 0) is 18.2 Å². The third kappa shape index (κ3) is 3.40. The smallest absolute Gasteiger partial charge is 0.337 e. The van der Waals surface area contributed by atoms with Gasteiger partial charge in [0.1, 0.15) is 0 Å². The molecule has 0 aliphatic carbocycles. The first-order chi connectivity index (χ1) is 10.4. The number of methoxy groups -OCH3 is 1. The SMILES string of the molecule is COC(=O)c1cccc(N2CCN(S(=O)(=O)N(C)C)CC2)c1. The molecular weight excluding hydrogens is 306 g/mol. The fraction of sp³-hybridized carbons (Fsp3) is 0.500. The molecule has 0 N–H and O–H groups in total. The number of esters is 1. The largest absolute Gasteiger partial charge is 0.465 e. The molecule has 0 saturated carbocycles. The van der Waals surface area contributed by atoms with E-state index >= 15 is 0 Å². The van der Waals surface area contributed by atoms with Gasteiger partial charge in [-0.2, -0.15) is 17.0 Å². The maximum absolute atomic E-state index is 12.1. The lowest BCUT2D eigenvalue weighted by Crippen LogP contribution is -2.51. The highest BCUT2D eigenvalue weighted by atomic mass is 32.2. The minimum Gasteiger partial charge on any atom is -0.465 e. The molecule has 0 bridgehead atoms. The number of hydrogen-bond acceptors (Lipinski definition) is 5. The first kappa shape index (κ1) is 16.7. The Morgan fingerprint density at radius 3 is 2.36 bits per heavy atom. The molecule has 0 aromatic heterocycles. The molecule has 0 unspecified atom stereocenters. The molecular formula is C14H21N3O4S. The Bertz CT molecular complexity index is 637. The highest BCUT2D eigenvalue weighted by Crippen LogP contribution is 2.20. The molecule has 0 atom stereocenters. The van der Waals surface area contributed by atoms with E-state index < -0.39 is 10.2 Å². The highest BCUT2D eigenvalue weighted by Gasteiger charge is 2.28. The predicted octanol–water partition coefficient (Wildman–Crippen LogP) is 0.402. The van der Waals surface area contributed by atoms with Crippen LogP contribution < -0.4 is 4.90 Å². The molecule has 1 aliphatic rings. The lowest BCUT2D eigenvalue weighted by molar-refractivity contribution is 0.0600. The Kier molecular flexibility index (Phi) is 5.05. The lowest BCUT2D eigenvalue weighted by Gasteiger charge is -2.36. The molecule has 122 valence electrons. The van der Waals surface area contributed by atoms with Crippen molar-refractivity contribution in [2.75, 3.05) is 52.3 Å². The Labute approximate surface area is 131 Å². The minimum atomic E-state index is -3.37. The number of hydrogen-bond donors (Lipinski definition) is 0. The maximum Gasteiger partial charge on any atom is 0.337 e. The van der Waals surface area contributed by atoms with Crippen molar-refractivity contribution in [2.45, 2.75) is 0 Å². The average Bonchev–Trinajstić information content (AvgIpc) is 2.54. The Balaban J connectivity index is 2.08. The van der Waals surface area contributed by atoms with Crippen LogP contribution in [0.2, 0.25) is 0 Å². The summed E-state index contributed by atoms with van der Waals surface area (Å²) in [6, 6.07) is 7.16. The molecule has 1 heterocycles. The molecule has 1 fully saturated rings. The standard InChI is InChI=1S/C14H21N3O4S/c1-15(2)22(19,20)17-9-7-16(8-10-17)13-6-4-5-12(11-13)14(18)21-3/h4-6,11H,7-10H2,1-3H3. The minimum absolute atomic E-state index is 0.379. The van der Waals surface area contributed by atoms with E-state index in [0.29, 0.717) is 31.7 Å². The van der Waals surface area contributed by atoms with E-state index in [4.69, 9.17) is 4.74 Å². The van der Waals surface area contributed by atoms with Gasteiger partial charge in [0.05, 0.1) is 12.7 Å². The van der Waals surface area contributed by atoms with Crippen LogP contribution in [0, 0.1) is 0 Å². The van der Waals surface area contributed by atoms with Gasteiger partial charge in [-0.1, -0.05) is 6.07 Å². The average molecular weight is 327 g/mol. The predicted molar refractivity (Wildman–Crippen MR) is 84.2 cm³/mol. The molecule has 0 spiro atoms. The quantitative estimate of drug-likeness (QED) is 0.749. The second kappa shape index (κ2) is 6.64. The van der Waals surface area contributed by atoms with E-state index in [9.17, 15) is 13.2 Å². The Morgan fingerprint density at radius 1 is 1.18 bits per heavy atom. The molecule has 1 aliphatic heterocycles. The first-order valence-corrected chi connectivity index (χ1v) is 8.37. The summed E-state index contributed by atoms with van der Waals surface area (Å²) in [7, 11) is 1.04. The van der Waals surface area contributed by atoms with Gasteiger partial charge in [-0.3, -0.25) is 0 Å². The molecule has 0 amide bonds. The zero-order valence-corrected chi connectivity index (χ0v) is 13.8. The van der Waals surface area contributed by atoms with Crippen LogP contribution in [0.4, 0.5) is 5.69 Å². The monoisotopic (exact) mass is 327 g/mol. The maximum atomic E-state index is 12.1. The topological polar surface area (TPSA) is 70.2 Å². The van der Waals surface area contributed by atoms with Crippen molar-refractivity contribution in [1.82, 2.24) is 8.61 Å². The molecule has 2 rings (SSSR count). The zero-order valence-electron chi connectivity index (χ0n) is 13.0. The van der Waals surface area contributed by atoms with Gasteiger partial charge in [0.25, 0.3) is 10.2 Å². The van der Waals surface area contributed by atoms with Crippen LogP contribution in [0.5, 0.6) is 0 Å². The third-order valence-corrected chi connectivity index (χ3v) is 5.60. The number of ether oxygens (including phenoxy) is 1. The summed E-state index contributed by atoms with van der Waals surface area (Å²) < 4.78 is 31.6. The first-order valence-electron chi connectivity index (χ1n) is 6.97. The van der Waals surface area contributed by atoms with Crippen molar-refractivity contribution in [3.05, 3.63) is 29.8 Å². The Hall–Kier alpha value is -1.64. The van der Waals surface area contributed by atoms with Gasteiger partial charge < -0.3 is 9.64 Å². The van der Waals surface area contributed by atoms with Gasteiger partial charge in [0.15, 0.2) is 0 Å². The van der Waals surface area contributed by atoms with Crippen molar-refractivity contribution >= 4 is 21.9 Å². The molecule has 0 radical (unpaired) electrons. The number of anilines is 1. The van der Waals surface area contributed by atoms with E-state index in [-0.39, 0.29) is 5.97 Å². The highest BCUT2D eigenvalue weighted by molar-refractivity contribution is 7.86. The van der Waals surface area contributed by atoms with Gasteiger partial charge in [0, 0.05) is 46.0 Å². The van der Waals surface area contributed by atoms with Crippen molar-refractivity contribution < 1.29 is 17.9 Å². The molecule has 8 heteroatoms. The summed E-state index contributed by atoms with van der Waals surface area (Å²) in [6.07, 6.45) is 0. The molecule has 1 saturated heterocycles. The van der Waals surface area contributed by atoms with E-state index in [0.717, 1.165) is 5.69 Å². The molecule has 1 aromatic carbocycles. The van der Waals surface area contributed by atoms with Crippen molar-refractivity contribution in [2.24, 2.45) is 0 Å². The van der Waals surface area contributed by atoms with Crippen LogP contribution in [-0.4, -0.2) is 70.4 Å². The number of carbonyl (C=O) groups is 1. The third-order valence-electron chi connectivity index (χ3n) is 3.66.